The number of rotatable bonds is 2. The van der Waals surface area contributed by atoms with Crippen LogP contribution in [0.15, 0.2) is 4.99 Å². The highest BCUT2D eigenvalue weighted by Crippen LogP contribution is 2.33. The van der Waals surface area contributed by atoms with Gasteiger partial charge in [-0.15, -0.1) is 24.0 Å². The Labute approximate surface area is 189 Å². The molecule has 0 aromatic heterocycles. The molecule has 2 unspecified atom stereocenters. The third-order valence-corrected chi connectivity index (χ3v) is 5.51. The first-order valence-corrected chi connectivity index (χ1v) is 10.3. The van der Waals surface area contributed by atoms with Crippen LogP contribution >= 0.6 is 24.0 Å². The summed E-state index contributed by atoms with van der Waals surface area (Å²) in [6, 6.07) is 0.200. The second-order valence-corrected chi connectivity index (χ2v) is 8.89. The van der Waals surface area contributed by atoms with Gasteiger partial charge >= 0.3 is 6.09 Å². The molecular formula is C19H33IN4O5. The molecule has 0 saturated carbocycles. The van der Waals surface area contributed by atoms with Crippen molar-refractivity contribution in [3.8, 4) is 0 Å². The van der Waals surface area contributed by atoms with Crippen LogP contribution in [0.2, 0.25) is 0 Å². The number of nitrogens with one attached hydrogen (secondary N) is 1. The van der Waals surface area contributed by atoms with E-state index in [0.29, 0.717) is 46.0 Å². The molecule has 4 heterocycles. The minimum atomic E-state index is -0.474. The second kappa shape index (κ2) is 9.11. The molecule has 0 bridgehead atoms. The average Bonchev–Trinajstić information content (AvgIpc) is 3.23. The maximum Gasteiger partial charge on any atom is 0.410 e. The highest BCUT2D eigenvalue weighted by atomic mass is 127. The van der Waals surface area contributed by atoms with E-state index in [1.807, 2.05) is 20.8 Å². The van der Waals surface area contributed by atoms with Crippen LogP contribution in [-0.4, -0.2) is 97.9 Å². The lowest BCUT2D eigenvalue weighted by molar-refractivity contribution is -0.210. The first-order valence-electron chi connectivity index (χ1n) is 10.3. The van der Waals surface area contributed by atoms with E-state index in [9.17, 15) is 4.79 Å². The van der Waals surface area contributed by atoms with Gasteiger partial charge in [0.25, 0.3) is 0 Å². The Morgan fingerprint density at radius 1 is 1.31 bits per heavy atom. The van der Waals surface area contributed by atoms with Crippen molar-refractivity contribution in [3.63, 3.8) is 0 Å². The Balaban J connectivity index is 0.00000240. The van der Waals surface area contributed by atoms with E-state index in [1.54, 1.807) is 4.90 Å². The summed E-state index contributed by atoms with van der Waals surface area (Å²) in [5.74, 6) is 0.439. The summed E-state index contributed by atoms with van der Waals surface area (Å²) in [6.07, 6.45) is 1.35. The van der Waals surface area contributed by atoms with Gasteiger partial charge in [0, 0.05) is 39.0 Å². The van der Waals surface area contributed by atoms with E-state index in [-0.39, 0.29) is 42.2 Å². The van der Waals surface area contributed by atoms with Crippen LogP contribution in [0.3, 0.4) is 0 Å². The molecule has 2 atom stereocenters. The zero-order valence-corrected chi connectivity index (χ0v) is 19.8. The van der Waals surface area contributed by atoms with Crippen molar-refractivity contribution in [3.05, 3.63) is 0 Å². The molecule has 0 aromatic carbocycles. The number of fused-ring (bicyclic) bond motifs is 1. The number of nitrogens with zero attached hydrogens (tertiary/aromatic N) is 3. The summed E-state index contributed by atoms with van der Waals surface area (Å²) in [5, 5.41) is 3.43. The van der Waals surface area contributed by atoms with E-state index in [0.717, 1.165) is 25.3 Å². The molecule has 4 aliphatic heterocycles. The Bertz CT molecular complexity index is 620. The van der Waals surface area contributed by atoms with E-state index >= 15 is 0 Å². The highest BCUT2D eigenvalue weighted by Gasteiger charge is 2.43. The summed E-state index contributed by atoms with van der Waals surface area (Å²) in [6.45, 7) is 11.0. The summed E-state index contributed by atoms with van der Waals surface area (Å²) in [7, 11) is 0. The third kappa shape index (κ3) is 5.45. The van der Waals surface area contributed by atoms with Gasteiger partial charge in [-0.05, 0) is 20.8 Å². The summed E-state index contributed by atoms with van der Waals surface area (Å²) in [4.78, 5) is 21.0. The number of ether oxygens (including phenoxy) is 4. The smallest absolute Gasteiger partial charge is 0.410 e. The lowest BCUT2D eigenvalue weighted by Gasteiger charge is -2.39. The third-order valence-electron chi connectivity index (χ3n) is 5.51. The van der Waals surface area contributed by atoms with E-state index in [2.05, 4.69) is 15.2 Å². The monoisotopic (exact) mass is 524 g/mol. The van der Waals surface area contributed by atoms with Gasteiger partial charge in [-0.25, -0.2) is 4.79 Å². The quantitative estimate of drug-likeness (QED) is 0.547. The number of piperazine rings is 1. The largest absolute Gasteiger partial charge is 0.444 e. The number of aliphatic imine (C=N–C) groups is 1. The van der Waals surface area contributed by atoms with Gasteiger partial charge in [0.15, 0.2) is 11.7 Å². The number of guanidine groups is 1. The predicted octanol–water partition coefficient (Wildman–Crippen LogP) is 1.41. The molecule has 0 aromatic rings. The van der Waals surface area contributed by atoms with E-state index < -0.39 is 11.4 Å². The van der Waals surface area contributed by atoms with E-state index in [4.69, 9.17) is 18.9 Å². The maximum absolute atomic E-state index is 12.3. The maximum atomic E-state index is 12.3. The fraction of sp³-hybridized carbons (Fsp3) is 0.895. The van der Waals surface area contributed by atoms with Crippen LogP contribution in [0.1, 0.15) is 33.6 Å². The summed E-state index contributed by atoms with van der Waals surface area (Å²) < 4.78 is 23.0. The van der Waals surface area contributed by atoms with Gasteiger partial charge in [0.1, 0.15) is 11.7 Å². The molecule has 166 valence electrons. The van der Waals surface area contributed by atoms with Crippen LogP contribution in [-0.2, 0) is 18.9 Å². The molecule has 29 heavy (non-hydrogen) atoms. The van der Waals surface area contributed by atoms with Crippen molar-refractivity contribution >= 4 is 36.0 Å². The number of halogens is 1. The fourth-order valence-electron chi connectivity index (χ4n) is 4.09. The molecule has 4 aliphatic rings. The zero-order chi connectivity index (χ0) is 19.8. The number of hydrogen-bond donors (Lipinski definition) is 1. The van der Waals surface area contributed by atoms with Crippen LogP contribution in [0.4, 0.5) is 4.79 Å². The van der Waals surface area contributed by atoms with Gasteiger partial charge in [-0.3, -0.25) is 4.99 Å². The van der Waals surface area contributed by atoms with Gasteiger partial charge in [-0.1, -0.05) is 0 Å². The van der Waals surface area contributed by atoms with Crippen molar-refractivity contribution in [2.24, 2.45) is 4.99 Å². The van der Waals surface area contributed by atoms with Crippen molar-refractivity contribution in [1.82, 2.24) is 15.1 Å². The molecule has 1 N–H and O–H groups in total. The Kier molecular flexibility index (Phi) is 7.17. The normalized spacial score (nSPS) is 28.6. The minimum absolute atomic E-state index is 0. The lowest BCUT2D eigenvalue weighted by Crippen LogP contribution is -2.58. The highest BCUT2D eigenvalue weighted by molar-refractivity contribution is 14.0. The Hall–Kier alpha value is -0.850. The number of amides is 1. The minimum Gasteiger partial charge on any atom is -0.444 e. The molecule has 0 aliphatic carbocycles. The summed E-state index contributed by atoms with van der Waals surface area (Å²) in [5.41, 5.74) is -0.474. The molecule has 10 heteroatoms. The number of hydrogen-bond acceptors (Lipinski definition) is 8. The van der Waals surface area contributed by atoms with Gasteiger partial charge < -0.3 is 34.1 Å². The number of carbonyl (C=O) groups is 1. The zero-order valence-electron chi connectivity index (χ0n) is 17.5. The fourth-order valence-corrected chi connectivity index (χ4v) is 4.09. The van der Waals surface area contributed by atoms with Crippen molar-refractivity contribution in [2.45, 2.75) is 57.1 Å². The first kappa shape index (κ1) is 22.8. The molecule has 9 nitrogen and oxygen atoms in total. The molecule has 4 rings (SSSR count). The topological polar surface area (TPSA) is 84.9 Å². The molecule has 3 saturated heterocycles. The summed E-state index contributed by atoms with van der Waals surface area (Å²) >= 11 is 0. The number of carbonyl (C=O) groups excluding carboxylic acids is 1. The van der Waals surface area contributed by atoms with Crippen LogP contribution in [0, 0.1) is 0 Å². The molecule has 1 spiro atoms. The molecule has 3 fully saturated rings. The molecule has 0 radical (unpaired) electrons. The van der Waals surface area contributed by atoms with Crippen molar-refractivity contribution < 1.29 is 23.7 Å². The van der Waals surface area contributed by atoms with Crippen molar-refractivity contribution in [2.75, 3.05) is 52.5 Å². The lowest BCUT2D eigenvalue weighted by atomic mass is 10.1. The first-order chi connectivity index (χ1) is 13.3. The van der Waals surface area contributed by atoms with Crippen LogP contribution in [0.25, 0.3) is 0 Å². The van der Waals surface area contributed by atoms with Crippen molar-refractivity contribution in [1.29, 1.82) is 0 Å². The second-order valence-electron chi connectivity index (χ2n) is 8.89. The predicted molar refractivity (Wildman–Crippen MR) is 118 cm³/mol. The van der Waals surface area contributed by atoms with Crippen LogP contribution in [0.5, 0.6) is 0 Å². The standard InChI is InChI=1S/C19H32N4O5.HI/c1-18(2,3)28-17(24)22-6-7-23-14(12-22)10-20-16(23)21-11-15-13-26-19(27-15)4-8-25-9-5-19;/h14-15H,4-13H2,1-3H3,(H,20,21);1H. The Morgan fingerprint density at radius 2 is 2.07 bits per heavy atom. The van der Waals surface area contributed by atoms with Gasteiger partial charge in [-0.2, -0.15) is 0 Å². The SMILES string of the molecule is CC(C)(C)OC(=O)N1CCN2C(NCC3COC4(CCOCC4)O3)=NCC2C1.I. The average molecular weight is 524 g/mol. The van der Waals surface area contributed by atoms with Crippen LogP contribution < -0.4 is 5.32 Å². The van der Waals surface area contributed by atoms with E-state index in [1.165, 1.54) is 0 Å². The van der Waals surface area contributed by atoms with Gasteiger partial charge in [0.2, 0.25) is 0 Å². The molecule has 1 amide bonds. The molecular weight excluding hydrogens is 491 g/mol. The Morgan fingerprint density at radius 3 is 2.79 bits per heavy atom. The van der Waals surface area contributed by atoms with Gasteiger partial charge in [0.05, 0.1) is 32.4 Å².